The predicted octanol–water partition coefficient (Wildman–Crippen LogP) is 1.54. The molecule has 1 aliphatic heterocycles. The number of carbonyl (C=O) groups is 1. The van der Waals surface area contributed by atoms with Crippen LogP contribution in [0.5, 0.6) is 10.8 Å². The van der Waals surface area contributed by atoms with Crippen LogP contribution in [0.25, 0.3) is 0 Å². The fraction of sp³-hybridized carbons (Fsp3) is 0.529. The highest BCUT2D eigenvalue weighted by molar-refractivity contribution is 7.13. The molecule has 26 heavy (non-hydrogen) atoms. The van der Waals surface area contributed by atoms with Crippen molar-refractivity contribution in [3.63, 3.8) is 0 Å². The molecule has 2 aromatic heterocycles. The van der Waals surface area contributed by atoms with Crippen molar-refractivity contribution in [2.75, 3.05) is 31.2 Å². The molecule has 4 aliphatic rings. The molecule has 136 valence electrons. The van der Waals surface area contributed by atoms with Crippen molar-refractivity contribution in [3.05, 3.63) is 23.6 Å². The van der Waals surface area contributed by atoms with Gasteiger partial charge in [-0.2, -0.15) is 0 Å². The molecule has 4 fully saturated rings. The van der Waals surface area contributed by atoms with Gasteiger partial charge in [-0.1, -0.05) is 11.3 Å². The summed E-state index contributed by atoms with van der Waals surface area (Å²) in [5, 5.41) is 1.61. The average molecular weight is 373 g/mol. The Kier molecular flexibility index (Phi) is 3.61. The number of morpholine rings is 1. The van der Waals surface area contributed by atoms with Crippen molar-refractivity contribution in [2.24, 2.45) is 17.1 Å². The lowest BCUT2D eigenvalue weighted by atomic mass is 9.37. The molecule has 1 amide bonds. The van der Waals surface area contributed by atoms with Crippen LogP contribution < -0.4 is 15.4 Å². The third-order valence-electron chi connectivity index (χ3n) is 5.71. The normalized spacial score (nSPS) is 29.6. The van der Waals surface area contributed by atoms with Crippen LogP contribution in [-0.4, -0.2) is 47.2 Å². The summed E-state index contributed by atoms with van der Waals surface area (Å²) in [5.74, 6) is 1.76. The van der Waals surface area contributed by atoms with Crippen molar-refractivity contribution in [3.8, 4) is 10.8 Å². The van der Waals surface area contributed by atoms with E-state index in [4.69, 9.17) is 15.2 Å². The highest BCUT2D eigenvalue weighted by atomic mass is 32.1. The first-order valence-corrected chi connectivity index (χ1v) is 9.55. The van der Waals surface area contributed by atoms with Crippen LogP contribution in [-0.2, 0) is 9.53 Å². The van der Waals surface area contributed by atoms with E-state index in [-0.39, 0.29) is 17.2 Å². The number of anilines is 1. The quantitative estimate of drug-likeness (QED) is 0.848. The van der Waals surface area contributed by atoms with Crippen molar-refractivity contribution in [2.45, 2.75) is 18.8 Å². The number of ether oxygens (including phenoxy) is 2. The first-order valence-electron chi connectivity index (χ1n) is 8.74. The Hall–Kier alpha value is -2.26. The van der Waals surface area contributed by atoms with Gasteiger partial charge in [-0.3, -0.25) is 4.79 Å². The monoisotopic (exact) mass is 373 g/mol. The first-order chi connectivity index (χ1) is 12.7. The number of amides is 1. The van der Waals surface area contributed by atoms with Crippen molar-refractivity contribution < 1.29 is 14.3 Å². The van der Waals surface area contributed by atoms with Gasteiger partial charge in [0.15, 0.2) is 5.75 Å². The predicted molar refractivity (Wildman–Crippen MR) is 94.3 cm³/mol. The van der Waals surface area contributed by atoms with Gasteiger partial charge in [0.25, 0.3) is 0 Å². The molecule has 8 nitrogen and oxygen atoms in total. The molecule has 3 saturated carbocycles. The summed E-state index contributed by atoms with van der Waals surface area (Å²) in [7, 11) is 0. The lowest BCUT2D eigenvalue weighted by Gasteiger charge is -2.65. The lowest BCUT2D eigenvalue weighted by Crippen LogP contribution is -2.65. The molecule has 1 atom stereocenters. The fourth-order valence-electron chi connectivity index (χ4n) is 4.16. The van der Waals surface area contributed by atoms with E-state index in [1.165, 1.54) is 11.3 Å². The average Bonchev–Trinajstić information content (AvgIpc) is 3.01. The lowest BCUT2D eigenvalue weighted by molar-refractivity contribution is -0.173. The zero-order valence-corrected chi connectivity index (χ0v) is 14.9. The third-order valence-corrected chi connectivity index (χ3v) is 6.66. The summed E-state index contributed by atoms with van der Waals surface area (Å²) in [4.78, 5) is 27.0. The summed E-state index contributed by atoms with van der Waals surface area (Å²) in [6.07, 6.45) is 6.84. The number of hydrogen-bond acceptors (Lipinski definition) is 8. The Morgan fingerprint density at radius 1 is 1.23 bits per heavy atom. The van der Waals surface area contributed by atoms with Gasteiger partial charge in [0, 0.05) is 19.0 Å². The van der Waals surface area contributed by atoms with Crippen LogP contribution in [0.15, 0.2) is 18.6 Å². The van der Waals surface area contributed by atoms with Crippen LogP contribution in [0.1, 0.15) is 23.8 Å². The zero-order valence-electron chi connectivity index (χ0n) is 14.1. The van der Waals surface area contributed by atoms with Gasteiger partial charge in [0.05, 0.1) is 37.2 Å². The topological polar surface area (TPSA) is 103 Å². The number of nitrogens with zero attached hydrogens (tertiary/aromatic N) is 4. The van der Waals surface area contributed by atoms with Gasteiger partial charge in [-0.25, -0.2) is 15.0 Å². The Balaban J connectivity index is 1.26. The fourth-order valence-corrected chi connectivity index (χ4v) is 5.26. The molecule has 0 aromatic carbocycles. The Labute approximate surface area is 154 Å². The van der Waals surface area contributed by atoms with Gasteiger partial charge < -0.3 is 20.1 Å². The number of rotatable bonds is 5. The molecular weight excluding hydrogens is 354 g/mol. The number of thiazole rings is 1. The largest absolute Gasteiger partial charge is 0.442 e. The summed E-state index contributed by atoms with van der Waals surface area (Å²) in [5.41, 5.74) is 5.22. The number of carbonyl (C=O) groups excluding carboxylic acids is 1. The molecule has 6 rings (SSSR count). The van der Waals surface area contributed by atoms with Crippen LogP contribution in [0.4, 0.5) is 5.95 Å². The van der Waals surface area contributed by atoms with E-state index in [1.54, 1.807) is 18.6 Å². The Morgan fingerprint density at radius 2 is 1.96 bits per heavy atom. The second-order valence-electron chi connectivity index (χ2n) is 7.10. The highest BCUT2D eigenvalue weighted by Gasteiger charge is 2.70. The van der Waals surface area contributed by atoms with Crippen molar-refractivity contribution >= 4 is 23.2 Å². The minimum Gasteiger partial charge on any atom is -0.442 e. The van der Waals surface area contributed by atoms with Crippen molar-refractivity contribution in [1.29, 1.82) is 0 Å². The molecule has 3 aliphatic carbocycles. The second-order valence-corrected chi connectivity index (χ2v) is 8.13. The maximum absolute atomic E-state index is 11.7. The molecule has 9 heteroatoms. The van der Waals surface area contributed by atoms with E-state index in [0.29, 0.717) is 35.9 Å². The summed E-state index contributed by atoms with van der Waals surface area (Å²) < 4.78 is 11.2. The van der Waals surface area contributed by atoms with E-state index in [2.05, 4.69) is 19.9 Å². The molecular formula is C17H19N5O3S. The minimum absolute atomic E-state index is 0.169. The molecule has 0 radical (unpaired) electrons. The number of hydrogen-bond donors (Lipinski definition) is 1. The first kappa shape index (κ1) is 16.0. The van der Waals surface area contributed by atoms with Gasteiger partial charge >= 0.3 is 0 Å². The van der Waals surface area contributed by atoms with Gasteiger partial charge in [-0.05, 0) is 18.8 Å². The van der Waals surface area contributed by atoms with E-state index in [9.17, 15) is 4.79 Å². The molecule has 2 N–H and O–H groups in total. The molecule has 2 aromatic rings. The smallest absolute Gasteiger partial charge is 0.225 e. The standard InChI is InChI=1S/C17H19N5O3S/c18-15(23)17-5-10(6-17)13(17)14-19-9-12(26-14)25-11-7-20-16(21-8-11)22-1-3-24-4-2-22/h7-10,13H,1-6H2,(H2,18,23). The zero-order chi connectivity index (χ0) is 17.7. The summed E-state index contributed by atoms with van der Waals surface area (Å²) >= 11 is 1.47. The third kappa shape index (κ3) is 2.38. The minimum atomic E-state index is -0.358. The second kappa shape index (κ2) is 5.88. The Bertz CT molecular complexity index is 827. The van der Waals surface area contributed by atoms with Gasteiger partial charge in [0.2, 0.25) is 16.9 Å². The van der Waals surface area contributed by atoms with Crippen molar-refractivity contribution in [1.82, 2.24) is 15.0 Å². The van der Waals surface area contributed by atoms with Crippen LogP contribution in [0.3, 0.4) is 0 Å². The highest BCUT2D eigenvalue weighted by Crippen LogP contribution is 2.73. The van der Waals surface area contributed by atoms with E-state index < -0.39 is 0 Å². The molecule has 2 bridgehead atoms. The van der Waals surface area contributed by atoms with Gasteiger partial charge in [0.1, 0.15) is 5.01 Å². The SMILES string of the molecule is NC(=O)C12CC(C1)C2c1ncc(Oc2cnc(N3CCOCC3)nc2)s1. The number of aromatic nitrogens is 3. The molecule has 1 unspecified atom stereocenters. The molecule has 1 saturated heterocycles. The maximum atomic E-state index is 11.7. The number of primary amides is 1. The van der Waals surface area contributed by atoms with Crippen LogP contribution in [0.2, 0.25) is 0 Å². The van der Waals surface area contributed by atoms with Gasteiger partial charge in [-0.15, -0.1) is 0 Å². The van der Waals surface area contributed by atoms with E-state index in [0.717, 1.165) is 30.9 Å². The molecule has 0 spiro atoms. The summed E-state index contributed by atoms with van der Waals surface area (Å²) in [6.45, 7) is 2.98. The van der Waals surface area contributed by atoms with E-state index >= 15 is 0 Å². The number of nitrogens with two attached hydrogens (primary N) is 1. The molecule has 3 heterocycles. The van der Waals surface area contributed by atoms with E-state index in [1.807, 2.05) is 0 Å². The maximum Gasteiger partial charge on any atom is 0.225 e. The van der Waals surface area contributed by atoms with Crippen LogP contribution in [0, 0.1) is 11.3 Å². The Morgan fingerprint density at radius 3 is 2.58 bits per heavy atom. The summed E-state index contributed by atoms with van der Waals surface area (Å²) in [6, 6.07) is 0. The van der Waals surface area contributed by atoms with Crippen LogP contribution >= 0.6 is 11.3 Å².